The molecular formula is C8H12O. The molecule has 1 nitrogen and oxygen atoms in total. The van der Waals surface area contributed by atoms with Gasteiger partial charge >= 0.3 is 0 Å². The van der Waals surface area contributed by atoms with E-state index in [-0.39, 0.29) is 0 Å². The van der Waals surface area contributed by atoms with E-state index in [1.165, 1.54) is 12.0 Å². The monoisotopic (exact) mass is 124 g/mol. The fraction of sp³-hybridized carbons (Fsp3) is 0.500. The van der Waals surface area contributed by atoms with Crippen LogP contribution in [0, 0.1) is 6.92 Å². The Morgan fingerprint density at radius 3 is 2.78 bits per heavy atom. The summed E-state index contributed by atoms with van der Waals surface area (Å²) in [7, 11) is 0. The number of hydrogen-bond donors (Lipinski definition) is 0. The molecule has 0 atom stereocenters. The van der Waals surface area contributed by atoms with Crippen molar-refractivity contribution in [2.24, 2.45) is 0 Å². The van der Waals surface area contributed by atoms with Gasteiger partial charge in [-0.05, 0) is 25.0 Å². The van der Waals surface area contributed by atoms with Crippen molar-refractivity contribution in [3.8, 4) is 0 Å². The SMILES string of the molecule is CCCc1ccoc1C. The van der Waals surface area contributed by atoms with Crippen molar-refractivity contribution in [2.75, 3.05) is 0 Å². The molecule has 0 unspecified atom stereocenters. The molecule has 1 rings (SSSR count). The van der Waals surface area contributed by atoms with E-state index in [0.29, 0.717) is 0 Å². The zero-order valence-electron chi connectivity index (χ0n) is 5.98. The van der Waals surface area contributed by atoms with Crippen LogP contribution in [0.5, 0.6) is 0 Å². The number of rotatable bonds is 2. The molecule has 0 aliphatic rings. The van der Waals surface area contributed by atoms with Gasteiger partial charge in [0.05, 0.1) is 6.26 Å². The third-order valence-electron chi connectivity index (χ3n) is 1.49. The van der Waals surface area contributed by atoms with E-state index >= 15 is 0 Å². The largest absolute Gasteiger partial charge is 0.469 e. The van der Waals surface area contributed by atoms with Gasteiger partial charge < -0.3 is 4.42 Å². The van der Waals surface area contributed by atoms with E-state index in [0.717, 1.165) is 12.2 Å². The molecular weight excluding hydrogens is 112 g/mol. The summed E-state index contributed by atoms with van der Waals surface area (Å²) in [6.07, 6.45) is 4.09. The normalized spacial score (nSPS) is 10.0. The Hall–Kier alpha value is -0.720. The molecule has 0 bridgehead atoms. The standard InChI is InChI=1S/C8H12O/c1-3-4-8-5-6-9-7(8)2/h5-6H,3-4H2,1-2H3. The Bertz CT molecular complexity index is 176. The highest BCUT2D eigenvalue weighted by atomic mass is 16.3. The first kappa shape index (κ1) is 6.40. The first-order valence-corrected chi connectivity index (χ1v) is 3.37. The highest BCUT2D eigenvalue weighted by Crippen LogP contribution is 2.09. The van der Waals surface area contributed by atoms with Crippen LogP contribution in [0.1, 0.15) is 24.7 Å². The minimum Gasteiger partial charge on any atom is -0.469 e. The van der Waals surface area contributed by atoms with Crippen LogP contribution in [0.2, 0.25) is 0 Å². The van der Waals surface area contributed by atoms with Crippen molar-refractivity contribution in [3.63, 3.8) is 0 Å². The third kappa shape index (κ3) is 1.35. The van der Waals surface area contributed by atoms with Crippen LogP contribution in [0.3, 0.4) is 0 Å². The van der Waals surface area contributed by atoms with Crippen molar-refractivity contribution >= 4 is 0 Å². The highest BCUT2D eigenvalue weighted by Gasteiger charge is 1.96. The molecule has 0 saturated heterocycles. The summed E-state index contributed by atoms with van der Waals surface area (Å²) in [6, 6.07) is 2.04. The minimum atomic E-state index is 1.07. The van der Waals surface area contributed by atoms with E-state index in [4.69, 9.17) is 4.42 Å². The molecule has 9 heavy (non-hydrogen) atoms. The molecule has 1 aromatic rings. The quantitative estimate of drug-likeness (QED) is 0.590. The Balaban J connectivity index is 2.69. The predicted octanol–water partition coefficient (Wildman–Crippen LogP) is 2.54. The molecule has 0 fully saturated rings. The number of hydrogen-bond acceptors (Lipinski definition) is 1. The van der Waals surface area contributed by atoms with Crippen LogP contribution in [-0.4, -0.2) is 0 Å². The van der Waals surface area contributed by atoms with Gasteiger partial charge in [0, 0.05) is 0 Å². The second-order valence-corrected chi connectivity index (χ2v) is 2.25. The molecule has 1 heterocycles. The van der Waals surface area contributed by atoms with Crippen molar-refractivity contribution < 1.29 is 4.42 Å². The van der Waals surface area contributed by atoms with Crippen LogP contribution in [0.15, 0.2) is 16.7 Å². The molecule has 0 radical (unpaired) electrons. The van der Waals surface area contributed by atoms with Crippen LogP contribution in [-0.2, 0) is 6.42 Å². The summed E-state index contributed by atoms with van der Waals surface area (Å²) in [5.41, 5.74) is 1.34. The summed E-state index contributed by atoms with van der Waals surface area (Å²) in [4.78, 5) is 0. The maximum absolute atomic E-state index is 5.12. The Morgan fingerprint density at radius 2 is 2.33 bits per heavy atom. The van der Waals surface area contributed by atoms with Crippen LogP contribution in [0.25, 0.3) is 0 Å². The highest BCUT2D eigenvalue weighted by molar-refractivity contribution is 5.14. The summed E-state index contributed by atoms with van der Waals surface area (Å²) < 4.78 is 5.12. The van der Waals surface area contributed by atoms with Crippen molar-refractivity contribution in [1.29, 1.82) is 0 Å². The molecule has 0 spiro atoms. The second kappa shape index (κ2) is 2.72. The number of aryl methyl sites for hydroxylation is 2. The summed E-state index contributed by atoms with van der Waals surface area (Å²) in [5, 5.41) is 0. The van der Waals surface area contributed by atoms with Gasteiger partial charge in [0.15, 0.2) is 0 Å². The fourth-order valence-corrected chi connectivity index (χ4v) is 0.940. The van der Waals surface area contributed by atoms with Gasteiger partial charge in [0.25, 0.3) is 0 Å². The maximum atomic E-state index is 5.12. The molecule has 50 valence electrons. The lowest BCUT2D eigenvalue weighted by atomic mass is 10.1. The van der Waals surface area contributed by atoms with E-state index < -0.39 is 0 Å². The molecule has 0 amide bonds. The Labute approximate surface area is 55.7 Å². The van der Waals surface area contributed by atoms with E-state index in [1.54, 1.807) is 6.26 Å². The van der Waals surface area contributed by atoms with E-state index in [1.807, 2.05) is 13.0 Å². The van der Waals surface area contributed by atoms with Gasteiger partial charge in [-0.15, -0.1) is 0 Å². The first-order chi connectivity index (χ1) is 4.34. The lowest BCUT2D eigenvalue weighted by Crippen LogP contribution is -1.80. The van der Waals surface area contributed by atoms with Gasteiger partial charge in [-0.1, -0.05) is 13.3 Å². The smallest absolute Gasteiger partial charge is 0.103 e. The maximum Gasteiger partial charge on any atom is 0.103 e. The van der Waals surface area contributed by atoms with Crippen molar-refractivity contribution in [3.05, 3.63) is 23.7 Å². The average Bonchev–Trinajstić information content (AvgIpc) is 2.18. The lowest BCUT2D eigenvalue weighted by Gasteiger charge is -1.91. The minimum absolute atomic E-state index is 1.07. The van der Waals surface area contributed by atoms with E-state index in [2.05, 4.69) is 6.92 Å². The fourth-order valence-electron chi connectivity index (χ4n) is 0.940. The van der Waals surface area contributed by atoms with Gasteiger partial charge in [-0.25, -0.2) is 0 Å². The summed E-state index contributed by atoms with van der Waals surface area (Å²) in [6.45, 7) is 4.18. The van der Waals surface area contributed by atoms with Gasteiger partial charge in [0.1, 0.15) is 5.76 Å². The van der Waals surface area contributed by atoms with Crippen molar-refractivity contribution in [2.45, 2.75) is 26.7 Å². The molecule has 1 aromatic heterocycles. The zero-order chi connectivity index (χ0) is 6.69. The molecule has 0 aliphatic carbocycles. The third-order valence-corrected chi connectivity index (χ3v) is 1.49. The van der Waals surface area contributed by atoms with Crippen LogP contribution >= 0.6 is 0 Å². The van der Waals surface area contributed by atoms with Gasteiger partial charge in [0.2, 0.25) is 0 Å². The topological polar surface area (TPSA) is 13.1 Å². The molecule has 0 aromatic carbocycles. The van der Waals surface area contributed by atoms with Gasteiger partial charge in [-0.2, -0.15) is 0 Å². The predicted molar refractivity (Wildman–Crippen MR) is 37.4 cm³/mol. The Morgan fingerprint density at radius 1 is 1.56 bits per heavy atom. The first-order valence-electron chi connectivity index (χ1n) is 3.37. The summed E-state index contributed by atoms with van der Waals surface area (Å²) >= 11 is 0. The lowest BCUT2D eigenvalue weighted by molar-refractivity contribution is 0.529. The Kier molecular flexibility index (Phi) is 1.93. The summed E-state index contributed by atoms with van der Waals surface area (Å²) in [5.74, 6) is 1.07. The average molecular weight is 124 g/mol. The van der Waals surface area contributed by atoms with E-state index in [9.17, 15) is 0 Å². The van der Waals surface area contributed by atoms with Gasteiger partial charge in [-0.3, -0.25) is 0 Å². The van der Waals surface area contributed by atoms with Crippen LogP contribution < -0.4 is 0 Å². The van der Waals surface area contributed by atoms with Crippen LogP contribution in [0.4, 0.5) is 0 Å². The molecule has 0 saturated carbocycles. The molecule has 1 heteroatoms. The zero-order valence-corrected chi connectivity index (χ0v) is 5.98. The number of furan rings is 1. The second-order valence-electron chi connectivity index (χ2n) is 2.25. The van der Waals surface area contributed by atoms with Crippen molar-refractivity contribution in [1.82, 2.24) is 0 Å². The molecule has 0 aliphatic heterocycles. The molecule has 0 N–H and O–H groups in total.